The molecular weight excluding hydrogens is 368 g/mol. The lowest BCUT2D eigenvalue weighted by Crippen LogP contribution is -2.34. The van der Waals surface area contributed by atoms with Crippen molar-refractivity contribution < 1.29 is 4.79 Å². The molecule has 144 valence electrons. The molecule has 2 aliphatic heterocycles. The Balaban J connectivity index is 1.47. The fraction of sp³-hybridized carbons (Fsp3) is 0.0741. The second kappa shape index (κ2) is 6.60. The number of benzene rings is 4. The second-order valence-corrected chi connectivity index (χ2v) is 7.82. The summed E-state index contributed by atoms with van der Waals surface area (Å²) in [7, 11) is 0. The van der Waals surface area contributed by atoms with E-state index in [2.05, 4.69) is 47.0 Å². The highest BCUT2D eigenvalue weighted by Crippen LogP contribution is 2.45. The molecule has 2 unspecified atom stereocenters. The van der Waals surface area contributed by atoms with Crippen LogP contribution >= 0.6 is 0 Å². The molecule has 2 N–H and O–H groups in total. The van der Waals surface area contributed by atoms with E-state index >= 15 is 0 Å². The highest BCUT2D eigenvalue weighted by Gasteiger charge is 2.37. The molecule has 3 heteroatoms. The number of hydrogen-bond donors (Lipinski definition) is 2. The number of fused-ring (bicyclic) bond motifs is 6. The van der Waals surface area contributed by atoms with Gasteiger partial charge in [0.25, 0.3) is 0 Å². The van der Waals surface area contributed by atoms with Gasteiger partial charge in [-0.1, -0.05) is 84.9 Å². The van der Waals surface area contributed by atoms with Crippen molar-refractivity contribution in [1.29, 1.82) is 0 Å². The SMILES string of the molecule is O=C(C1Nc2ccccc2-c2ccccc21)C1Nc2ccccc2-c2ccccc21. The first-order valence-electron chi connectivity index (χ1n) is 10.2. The zero-order chi connectivity index (χ0) is 20.1. The number of nitrogens with one attached hydrogen (secondary N) is 2. The molecule has 0 radical (unpaired) electrons. The third kappa shape index (κ3) is 2.49. The molecule has 2 heterocycles. The Morgan fingerprint density at radius 3 is 1.33 bits per heavy atom. The van der Waals surface area contributed by atoms with Gasteiger partial charge in [0.15, 0.2) is 5.78 Å². The van der Waals surface area contributed by atoms with Gasteiger partial charge in [-0.2, -0.15) is 0 Å². The molecule has 0 saturated heterocycles. The van der Waals surface area contributed by atoms with Gasteiger partial charge >= 0.3 is 0 Å². The van der Waals surface area contributed by atoms with Gasteiger partial charge < -0.3 is 10.6 Å². The van der Waals surface area contributed by atoms with E-state index in [4.69, 9.17) is 0 Å². The molecule has 0 aliphatic carbocycles. The van der Waals surface area contributed by atoms with E-state index in [0.29, 0.717) is 0 Å². The number of carbonyl (C=O) groups is 1. The second-order valence-electron chi connectivity index (χ2n) is 7.82. The number of hydrogen-bond acceptors (Lipinski definition) is 3. The predicted molar refractivity (Wildman–Crippen MR) is 121 cm³/mol. The molecule has 0 aromatic heterocycles. The molecule has 0 spiro atoms. The predicted octanol–water partition coefficient (Wildman–Crippen LogP) is 6.22. The van der Waals surface area contributed by atoms with Gasteiger partial charge in [0.1, 0.15) is 12.1 Å². The number of para-hydroxylation sites is 2. The maximum absolute atomic E-state index is 14.0. The average molecular weight is 388 g/mol. The Kier molecular flexibility index (Phi) is 3.75. The number of Topliss-reactive ketones (excluding diaryl/α,β-unsaturated/α-hetero) is 1. The van der Waals surface area contributed by atoms with Gasteiger partial charge in [-0.25, -0.2) is 0 Å². The number of carbonyl (C=O) groups excluding carboxylic acids is 1. The summed E-state index contributed by atoms with van der Waals surface area (Å²) in [6, 6.07) is 32.0. The number of rotatable bonds is 2. The van der Waals surface area contributed by atoms with Crippen molar-refractivity contribution in [2.45, 2.75) is 12.1 Å². The van der Waals surface area contributed by atoms with Crippen molar-refractivity contribution in [2.24, 2.45) is 0 Å². The van der Waals surface area contributed by atoms with E-state index in [-0.39, 0.29) is 5.78 Å². The van der Waals surface area contributed by atoms with Crippen LogP contribution in [0.2, 0.25) is 0 Å². The van der Waals surface area contributed by atoms with Crippen LogP contribution in [0.3, 0.4) is 0 Å². The van der Waals surface area contributed by atoms with E-state index in [0.717, 1.165) is 44.8 Å². The number of ketones is 1. The Labute approximate surface area is 175 Å². The van der Waals surface area contributed by atoms with Crippen LogP contribution in [0.4, 0.5) is 11.4 Å². The molecular formula is C27H20N2O. The summed E-state index contributed by atoms with van der Waals surface area (Å²) < 4.78 is 0. The Bertz CT molecular complexity index is 1190. The minimum Gasteiger partial charge on any atom is -0.371 e. The molecule has 0 amide bonds. The molecule has 30 heavy (non-hydrogen) atoms. The third-order valence-corrected chi connectivity index (χ3v) is 6.15. The Morgan fingerprint density at radius 2 is 0.867 bits per heavy atom. The van der Waals surface area contributed by atoms with E-state index < -0.39 is 12.1 Å². The summed E-state index contributed by atoms with van der Waals surface area (Å²) in [6.07, 6.45) is 0. The van der Waals surface area contributed by atoms with E-state index in [1.807, 2.05) is 60.7 Å². The van der Waals surface area contributed by atoms with Gasteiger partial charge in [-0.05, 0) is 34.4 Å². The topological polar surface area (TPSA) is 41.1 Å². The van der Waals surface area contributed by atoms with Crippen LogP contribution in [0.25, 0.3) is 22.3 Å². The molecule has 6 rings (SSSR count). The molecule has 0 bridgehead atoms. The lowest BCUT2D eigenvalue weighted by atomic mass is 9.82. The quantitative estimate of drug-likeness (QED) is 0.428. The van der Waals surface area contributed by atoms with Gasteiger partial charge in [0.05, 0.1) is 0 Å². The van der Waals surface area contributed by atoms with E-state index in [9.17, 15) is 4.79 Å². The monoisotopic (exact) mass is 388 g/mol. The zero-order valence-electron chi connectivity index (χ0n) is 16.3. The smallest absolute Gasteiger partial charge is 0.186 e. The van der Waals surface area contributed by atoms with Crippen molar-refractivity contribution in [3.63, 3.8) is 0 Å². The van der Waals surface area contributed by atoms with Gasteiger partial charge in [-0.15, -0.1) is 0 Å². The van der Waals surface area contributed by atoms with Crippen LogP contribution in [0.1, 0.15) is 23.2 Å². The first kappa shape index (κ1) is 17.0. The van der Waals surface area contributed by atoms with Gasteiger partial charge in [0.2, 0.25) is 0 Å². The maximum Gasteiger partial charge on any atom is 0.186 e. The zero-order valence-corrected chi connectivity index (χ0v) is 16.3. The standard InChI is InChI=1S/C27H20N2O/c30-27(25-21-13-3-1-9-17(21)19-11-5-7-15-23(19)28-25)26-22-14-4-2-10-18(22)20-12-6-8-16-24(20)29-26/h1-16,25-26,28-29H. The van der Waals surface area contributed by atoms with Crippen LogP contribution in [0, 0.1) is 0 Å². The first-order valence-corrected chi connectivity index (χ1v) is 10.2. The van der Waals surface area contributed by atoms with Crippen LogP contribution in [-0.4, -0.2) is 5.78 Å². The molecule has 2 aliphatic rings. The van der Waals surface area contributed by atoms with Crippen molar-refractivity contribution in [3.05, 3.63) is 108 Å². The molecule has 0 fully saturated rings. The maximum atomic E-state index is 14.0. The van der Waals surface area contributed by atoms with Crippen molar-refractivity contribution in [2.75, 3.05) is 10.6 Å². The van der Waals surface area contributed by atoms with Crippen LogP contribution < -0.4 is 10.6 Å². The summed E-state index contributed by atoms with van der Waals surface area (Å²) in [4.78, 5) is 14.0. The molecule has 3 nitrogen and oxygen atoms in total. The third-order valence-electron chi connectivity index (χ3n) is 6.15. The normalized spacial score (nSPS) is 18.0. The highest BCUT2D eigenvalue weighted by molar-refractivity contribution is 6.03. The molecule has 4 aromatic carbocycles. The Morgan fingerprint density at radius 1 is 0.500 bits per heavy atom. The van der Waals surface area contributed by atoms with Crippen molar-refractivity contribution in [1.82, 2.24) is 0 Å². The van der Waals surface area contributed by atoms with Crippen molar-refractivity contribution in [3.8, 4) is 22.3 Å². The lowest BCUT2D eigenvalue weighted by molar-refractivity contribution is -0.120. The molecule has 2 atom stereocenters. The van der Waals surface area contributed by atoms with Gasteiger partial charge in [-0.3, -0.25) is 4.79 Å². The summed E-state index contributed by atoms with van der Waals surface area (Å²) >= 11 is 0. The minimum absolute atomic E-state index is 0.124. The number of anilines is 2. The van der Waals surface area contributed by atoms with E-state index in [1.165, 1.54) is 0 Å². The van der Waals surface area contributed by atoms with E-state index in [1.54, 1.807) is 0 Å². The molecule has 0 saturated carbocycles. The summed E-state index contributed by atoms with van der Waals surface area (Å²) in [5.74, 6) is 0.124. The summed E-state index contributed by atoms with van der Waals surface area (Å²) in [5.41, 5.74) is 8.57. The van der Waals surface area contributed by atoms with Crippen LogP contribution in [0.15, 0.2) is 97.1 Å². The molecule has 4 aromatic rings. The average Bonchev–Trinajstić information content (AvgIpc) is 2.82. The largest absolute Gasteiger partial charge is 0.371 e. The fourth-order valence-corrected chi connectivity index (χ4v) is 4.76. The summed E-state index contributed by atoms with van der Waals surface area (Å²) in [6.45, 7) is 0. The van der Waals surface area contributed by atoms with Gasteiger partial charge in [0, 0.05) is 22.5 Å². The lowest BCUT2D eigenvalue weighted by Gasteiger charge is -2.34. The highest BCUT2D eigenvalue weighted by atomic mass is 16.1. The van der Waals surface area contributed by atoms with Crippen molar-refractivity contribution >= 4 is 17.2 Å². The Hall–Kier alpha value is -3.85. The van der Waals surface area contributed by atoms with Crippen LogP contribution in [-0.2, 0) is 4.79 Å². The summed E-state index contributed by atoms with van der Waals surface area (Å²) in [5, 5.41) is 7.03. The minimum atomic E-state index is -0.410. The first-order chi connectivity index (χ1) is 14.8. The fourth-order valence-electron chi connectivity index (χ4n) is 4.76. The van der Waals surface area contributed by atoms with Crippen LogP contribution in [0.5, 0.6) is 0 Å².